The summed E-state index contributed by atoms with van der Waals surface area (Å²) in [6.07, 6.45) is 1.66. The van der Waals surface area contributed by atoms with Crippen molar-refractivity contribution in [3.05, 3.63) is 28.9 Å². The van der Waals surface area contributed by atoms with E-state index in [-0.39, 0.29) is 11.8 Å². The van der Waals surface area contributed by atoms with Gasteiger partial charge in [-0.1, -0.05) is 22.9 Å². The number of anilines is 1. The third-order valence-corrected chi connectivity index (χ3v) is 6.64. The van der Waals surface area contributed by atoms with E-state index in [1.807, 2.05) is 0 Å². The Morgan fingerprint density at radius 1 is 1.29 bits per heavy atom. The van der Waals surface area contributed by atoms with Crippen LogP contribution in [-0.4, -0.2) is 79.2 Å². The van der Waals surface area contributed by atoms with Crippen LogP contribution in [0.3, 0.4) is 0 Å². The van der Waals surface area contributed by atoms with Crippen LogP contribution < -0.4 is 14.4 Å². The molecule has 0 unspecified atom stereocenters. The molecule has 1 amide bonds. The molecule has 0 radical (unpaired) electrons. The second-order valence-electron chi connectivity index (χ2n) is 7.06. The normalized spacial score (nSPS) is 14.7. The van der Waals surface area contributed by atoms with Gasteiger partial charge < -0.3 is 14.2 Å². The zero-order valence-electron chi connectivity index (χ0n) is 17.6. The van der Waals surface area contributed by atoms with Crippen LogP contribution in [0.15, 0.2) is 18.3 Å². The third kappa shape index (κ3) is 4.47. The fourth-order valence-corrected chi connectivity index (χ4v) is 4.76. The van der Waals surface area contributed by atoms with Gasteiger partial charge in [-0.2, -0.15) is 0 Å². The Bertz CT molecular complexity index is 1080. The van der Waals surface area contributed by atoms with Gasteiger partial charge in [-0.05, 0) is 12.1 Å². The lowest BCUT2D eigenvalue weighted by Gasteiger charge is -2.29. The second kappa shape index (κ2) is 9.39. The molecule has 3 heterocycles. The Kier molecular flexibility index (Phi) is 6.61. The standard InChI is InChI=1S/C20H24ClN5O4S/c1-24-12-13(18(23-24)29-3)19(27)26(7-6-25-8-10-30-11-9-25)20-22-16-15(28-2)5-4-14(21)17(16)31-20/h4-5,12H,6-11H2,1-3H3. The van der Waals surface area contributed by atoms with Crippen molar-refractivity contribution < 1.29 is 19.0 Å². The molecular formula is C20H24ClN5O4S. The Morgan fingerprint density at radius 2 is 2.06 bits per heavy atom. The molecule has 0 bridgehead atoms. The molecule has 1 aromatic carbocycles. The SMILES string of the molecule is COc1nn(C)cc1C(=O)N(CCN1CCOCC1)c1nc2c(OC)ccc(Cl)c2s1. The van der Waals surface area contributed by atoms with E-state index < -0.39 is 0 Å². The van der Waals surface area contributed by atoms with E-state index in [0.717, 1.165) is 17.8 Å². The quantitative estimate of drug-likeness (QED) is 0.530. The van der Waals surface area contributed by atoms with E-state index in [1.165, 1.54) is 18.4 Å². The lowest BCUT2D eigenvalue weighted by molar-refractivity contribution is 0.0391. The topological polar surface area (TPSA) is 82.0 Å². The summed E-state index contributed by atoms with van der Waals surface area (Å²) in [5.74, 6) is 0.661. The maximum Gasteiger partial charge on any atom is 0.267 e. The minimum absolute atomic E-state index is 0.229. The third-order valence-electron chi connectivity index (χ3n) is 5.11. The van der Waals surface area contributed by atoms with E-state index in [0.29, 0.717) is 53.3 Å². The Balaban J connectivity index is 1.71. The summed E-state index contributed by atoms with van der Waals surface area (Å²) in [6, 6.07) is 3.55. The zero-order valence-corrected chi connectivity index (χ0v) is 19.2. The molecule has 0 saturated carbocycles. The smallest absolute Gasteiger partial charge is 0.267 e. The van der Waals surface area contributed by atoms with Crippen LogP contribution in [0.25, 0.3) is 10.2 Å². The lowest BCUT2D eigenvalue weighted by Crippen LogP contribution is -2.43. The van der Waals surface area contributed by atoms with Crippen molar-refractivity contribution in [2.75, 3.05) is 58.5 Å². The van der Waals surface area contributed by atoms with Crippen LogP contribution in [-0.2, 0) is 11.8 Å². The zero-order chi connectivity index (χ0) is 22.0. The number of benzene rings is 1. The number of amides is 1. The molecular weight excluding hydrogens is 442 g/mol. The molecule has 0 aliphatic carbocycles. The van der Waals surface area contributed by atoms with Crippen molar-refractivity contribution in [1.29, 1.82) is 0 Å². The molecule has 9 nitrogen and oxygen atoms in total. The molecule has 2 aromatic heterocycles. The molecule has 0 spiro atoms. The highest BCUT2D eigenvalue weighted by molar-refractivity contribution is 7.23. The van der Waals surface area contributed by atoms with Crippen molar-refractivity contribution in [2.45, 2.75) is 0 Å². The van der Waals surface area contributed by atoms with Crippen LogP contribution in [0.2, 0.25) is 5.02 Å². The number of aryl methyl sites for hydroxylation is 1. The molecule has 1 fully saturated rings. The van der Waals surface area contributed by atoms with E-state index in [2.05, 4.69) is 10.00 Å². The minimum atomic E-state index is -0.229. The summed E-state index contributed by atoms with van der Waals surface area (Å²) in [5, 5.41) is 5.34. The molecule has 0 atom stereocenters. The van der Waals surface area contributed by atoms with Gasteiger partial charge in [0.1, 0.15) is 16.8 Å². The molecule has 1 aliphatic heterocycles. The van der Waals surface area contributed by atoms with Gasteiger partial charge in [0.05, 0.1) is 37.2 Å². The predicted molar refractivity (Wildman–Crippen MR) is 120 cm³/mol. The maximum atomic E-state index is 13.6. The maximum absolute atomic E-state index is 13.6. The number of aromatic nitrogens is 3. The van der Waals surface area contributed by atoms with Gasteiger partial charge in [0.15, 0.2) is 5.13 Å². The lowest BCUT2D eigenvalue weighted by atomic mass is 10.3. The molecule has 3 aromatic rings. The highest BCUT2D eigenvalue weighted by Gasteiger charge is 2.28. The summed E-state index contributed by atoms with van der Waals surface area (Å²) < 4.78 is 18.5. The molecule has 1 saturated heterocycles. The fourth-order valence-electron chi connectivity index (χ4n) is 3.48. The van der Waals surface area contributed by atoms with E-state index in [1.54, 1.807) is 42.1 Å². The molecule has 0 N–H and O–H groups in total. The predicted octanol–water partition coefficient (Wildman–Crippen LogP) is 2.68. The Morgan fingerprint density at radius 3 is 2.77 bits per heavy atom. The van der Waals surface area contributed by atoms with Crippen LogP contribution >= 0.6 is 22.9 Å². The van der Waals surface area contributed by atoms with Gasteiger partial charge in [-0.25, -0.2) is 4.98 Å². The van der Waals surface area contributed by atoms with Crippen LogP contribution in [0.5, 0.6) is 11.6 Å². The first-order chi connectivity index (χ1) is 15.0. The van der Waals surface area contributed by atoms with E-state index >= 15 is 0 Å². The van der Waals surface area contributed by atoms with Gasteiger partial charge >= 0.3 is 0 Å². The van der Waals surface area contributed by atoms with Crippen LogP contribution in [0.1, 0.15) is 10.4 Å². The first-order valence-electron chi connectivity index (χ1n) is 9.84. The number of fused-ring (bicyclic) bond motifs is 1. The number of hydrogen-bond donors (Lipinski definition) is 0. The van der Waals surface area contributed by atoms with Crippen molar-refractivity contribution in [1.82, 2.24) is 19.7 Å². The first kappa shape index (κ1) is 21.8. The number of methoxy groups -OCH3 is 2. The van der Waals surface area contributed by atoms with Crippen molar-refractivity contribution >= 4 is 44.2 Å². The van der Waals surface area contributed by atoms with E-state index in [9.17, 15) is 4.79 Å². The highest BCUT2D eigenvalue weighted by Crippen LogP contribution is 2.39. The first-order valence-corrected chi connectivity index (χ1v) is 11.0. The Labute approximate surface area is 189 Å². The average Bonchev–Trinajstić information content (AvgIpc) is 3.39. The molecule has 166 valence electrons. The van der Waals surface area contributed by atoms with Crippen molar-refractivity contribution in [3.63, 3.8) is 0 Å². The molecule has 4 rings (SSSR count). The number of hydrogen-bond acceptors (Lipinski definition) is 8. The van der Waals surface area contributed by atoms with Gasteiger partial charge in [0.25, 0.3) is 5.91 Å². The number of morpholine rings is 1. The summed E-state index contributed by atoms with van der Waals surface area (Å²) in [4.78, 5) is 22.2. The number of carbonyl (C=O) groups excluding carboxylic acids is 1. The minimum Gasteiger partial charge on any atom is -0.494 e. The van der Waals surface area contributed by atoms with Gasteiger partial charge in [-0.15, -0.1) is 5.10 Å². The number of thiazole rings is 1. The number of ether oxygens (including phenoxy) is 3. The van der Waals surface area contributed by atoms with Gasteiger partial charge in [0.2, 0.25) is 5.88 Å². The Hall–Kier alpha value is -2.40. The molecule has 31 heavy (non-hydrogen) atoms. The summed E-state index contributed by atoms with van der Waals surface area (Å²) in [5.41, 5.74) is 1.02. The number of nitrogens with zero attached hydrogens (tertiary/aromatic N) is 5. The molecule has 11 heteroatoms. The largest absolute Gasteiger partial charge is 0.494 e. The number of halogens is 1. The monoisotopic (exact) mass is 465 g/mol. The van der Waals surface area contributed by atoms with Crippen molar-refractivity contribution in [3.8, 4) is 11.6 Å². The van der Waals surface area contributed by atoms with Gasteiger partial charge in [-0.3, -0.25) is 19.3 Å². The van der Waals surface area contributed by atoms with Crippen LogP contribution in [0.4, 0.5) is 5.13 Å². The fraction of sp³-hybridized carbons (Fsp3) is 0.450. The number of rotatable bonds is 7. The van der Waals surface area contributed by atoms with Gasteiger partial charge in [0, 0.05) is 39.4 Å². The number of carbonyl (C=O) groups is 1. The van der Waals surface area contributed by atoms with Crippen LogP contribution in [0, 0.1) is 0 Å². The average molecular weight is 466 g/mol. The highest BCUT2D eigenvalue weighted by atomic mass is 35.5. The van der Waals surface area contributed by atoms with Crippen molar-refractivity contribution in [2.24, 2.45) is 7.05 Å². The molecule has 1 aliphatic rings. The summed E-state index contributed by atoms with van der Waals surface area (Å²) in [7, 11) is 4.84. The summed E-state index contributed by atoms with van der Waals surface area (Å²) >= 11 is 7.77. The summed E-state index contributed by atoms with van der Waals surface area (Å²) in [6.45, 7) is 4.20. The van der Waals surface area contributed by atoms with E-state index in [4.69, 9.17) is 30.8 Å². The second-order valence-corrected chi connectivity index (χ2v) is 8.45.